The highest BCUT2D eigenvalue weighted by atomic mass is 16.2. The molecule has 1 amide bonds. The third-order valence-electron chi connectivity index (χ3n) is 4.81. The van der Waals surface area contributed by atoms with Gasteiger partial charge < -0.3 is 9.88 Å². The van der Waals surface area contributed by atoms with Gasteiger partial charge in [0, 0.05) is 25.4 Å². The van der Waals surface area contributed by atoms with Gasteiger partial charge in [0.25, 0.3) is 0 Å². The smallest absolute Gasteiger partial charge is 0.224 e. The molecular formula is C20H24N4O. The monoisotopic (exact) mass is 336 g/mol. The maximum absolute atomic E-state index is 12.8. The first-order valence-corrected chi connectivity index (χ1v) is 8.67. The summed E-state index contributed by atoms with van der Waals surface area (Å²) in [5, 5.41) is 3.21. The fourth-order valence-electron chi connectivity index (χ4n) is 3.34. The topological polar surface area (TPSA) is 50.2 Å². The normalized spacial score (nSPS) is 17.0. The second kappa shape index (κ2) is 8.00. The van der Waals surface area contributed by atoms with Gasteiger partial charge in [0.1, 0.15) is 11.9 Å². The standard InChI is InChI=1S/C20H24N4O/c1-3-12-24-13-9-17(10-14-24)20(25)22-18(16-7-5-4-6-8-16)19-21-11-15-23(19)2/h1,4-8,11,15,17-18H,9-10,12-14H2,2H3,(H,22,25). The van der Waals surface area contributed by atoms with Crippen molar-refractivity contribution in [3.8, 4) is 12.3 Å². The van der Waals surface area contributed by atoms with E-state index in [0.717, 1.165) is 37.3 Å². The highest BCUT2D eigenvalue weighted by molar-refractivity contribution is 5.79. The maximum atomic E-state index is 12.8. The summed E-state index contributed by atoms with van der Waals surface area (Å²) < 4.78 is 1.95. The molecule has 0 radical (unpaired) electrons. The number of aryl methyl sites for hydroxylation is 1. The molecule has 25 heavy (non-hydrogen) atoms. The van der Waals surface area contributed by atoms with Crippen LogP contribution in [0, 0.1) is 18.3 Å². The number of likely N-dealkylation sites (tertiary alicyclic amines) is 1. The van der Waals surface area contributed by atoms with Crippen molar-refractivity contribution in [2.75, 3.05) is 19.6 Å². The second-order valence-electron chi connectivity index (χ2n) is 6.50. The van der Waals surface area contributed by atoms with E-state index in [1.807, 2.05) is 48.1 Å². The van der Waals surface area contributed by atoms with E-state index >= 15 is 0 Å². The van der Waals surface area contributed by atoms with Crippen molar-refractivity contribution in [3.63, 3.8) is 0 Å². The molecule has 1 N–H and O–H groups in total. The summed E-state index contributed by atoms with van der Waals surface area (Å²) in [6, 6.07) is 9.75. The summed E-state index contributed by atoms with van der Waals surface area (Å²) in [5.41, 5.74) is 1.04. The Morgan fingerprint density at radius 1 is 1.36 bits per heavy atom. The van der Waals surface area contributed by atoms with Crippen LogP contribution in [0.3, 0.4) is 0 Å². The number of nitrogens with one attached hydrogen (secondary N) is 1. The van der Waals surface area contributed by atoms with Crippen molar-refractivity contribution < 1.29 is 4.79 Å². The van der Waals surface area contributed by atoms with Gasteiger partial charge in [-0.3, -0.25) is 9.69 Å². The largest absolute Gasteiger partial charge is 0.342 e. The molecule has 1 aromatic heterocycles. The van der Waals surface area contributed by atoms with Crippen molar-refractivity contribution in [1.29, 1.82) is 0 Å². The van der Waals surface area contributed by atoms with Gasteiger partial charge in [-0.25, -0.2) is 4.98 Å². The number of rotatable bonds is 5. The summed E-state index contributed by atoms with van der Waals surface area (Å²) >= 11 is 0. The molecule has 1 unspecified atom stereocenters. The van der Waals surface area contributed by atoms with Crippen molar-refractivity contribution >= 4 is 5.91 Å². The summed E-state index contributed by atoms with van der Waals surface area (Å²) in [5.74, 6) is 3.63. The van der Waals surface area contributed by atoms with Crippen LogP contribution >= 0.6 is 0 Å². The Morgan fingerprint density at radius 2 is 2.08 bits per heavy atom. The number of imidazole rings is 1. The molecule has 1 atom stereocenters. The molecule has 130 valence electrons. The number of carbonyl (C=O) groups is 1. The third-order valence-corrected chi connectivity index (χ3v) is 4.81. The van der Waals surface area contributed by atoms with Gasteiger partial charge in [-0.1, -0.05) is 36.3 Å². The fourth-order valence-corrected chi connectivity index (χ4v) is 3.34. The van der Waals surface area contributed by atoms with Gasteiger partial charge in [-0.05, 0) is 31.5 Å². The summed E-state index contributed by atoms with van der Waals surface area (Å²) in [6.07, 6.45) is 10.7. The first-order valence-electron chi connectivity index (χ1n) is 8.67. The molecule has 0 saturated carbocycles. The quantitative estimate of drug-likeness (QED) is 0.850. The Labute approximate surface area is 149 Å². The molecule has 1 aliphatic heterocycles. The van der Waals surface area contributed by atoms with Crippen LogP contribution in [-0.4, -0.2) is 40.0 Å². The van der Waals surface area contributed by atoms with Crippen molar-refractivity contribution in [1.82, 2.24) is 19.8 Å². The number of hydrogen-bond acceptors (Lipinski definition) is 3. The van der Waals surface area contributed by atoms with E-state index < -0.39 is 0 Å². The minimum atomic E-state index is -0.238. The van der Waals surface area contributed by atoms with Gasteiger partial charge in [0.2, 0.25) is 5.91 Å². The number of nitrogens with zero attached hydrogens (tertiary/aromatic N) is 3. The number of hydrogen-bond donors (Lipinski definition) is 1. The molecule has 3 rings (SSSR count). The first kappa shape index (κ1) is 17.2. The lowest BCUT2D eigenvalue weighted by molar-refractivity contribution is -0.127. The van der Waals surface area contributed by atoms with Gasteiger partial charge >= 0.3 is 0 Å². The molecule has 0 spiro atoms. The summed E-state index contributed by atoms with van der Waals surface area (Å²) in [7, 11) is 1.95. The predicted molar refractivity (Wildman–Crippen MR) is 97.6 cm³/mol. The average molecular weight is 336 g/mol. The van der Waals surface area contributed by atoms with Gasteiger partial charge in [-0.2, -0.15) is 0 Å². The fraction of sp³-hybridized carbons (Fsp3) is 0.400. The molecule has 1 aromatic carbocycles. The van der Waals surface area contributed by atoms with Crippen LogP contribution in [0.25, 0.3) is 0 Å². The molecule has 1 aliphatic rings. The molecule has 5 nitrogen and oxygen atoms in total. The van der Waals surface area contributed by atoms with Gasteiger partial charge in [0.05, 0.1) is 6.54 Å². The second-order valence-corrected chi connectivity index (χ2v) is 6.50. The zero-order chi connectivity index (χ0) is 17.6. The van der Waals surface area contributed by atoms with Crippen LogP contribution < -0.4 is 5.32 Å². The molecule has 5 heteroatoms. The number of aromatic nitrogens is 2. The van der Waals surface area contributed by atoms with E-state index in [2.05, 4.69) is 21.1 Å². The van der Waals surface area contributed by atoms with Crippen molar-refractivity contribution in [2.45, 2.75) is 18.9 Å². The van der Waals surface area contributed by atoms with Gasteiger partial charge in [0.15, 0.2) is 0 Å². The Morgan fingerprint density at radius 3 is 2.68 bits per heavy atom. The molecule has 2 aromatic rings. The van der Waals surface area contributed by atoms with Crippen LogP contribution in [-0.2, 0) is 11.8 Å². The Hall–Kier alpha value is -2.58. The van der Waals surface area contributed by atoms with Gasteiger partial charge in [-0.15, -0.1) is 6.42 Å². The highest BCUT2D eigenvalue weighted by Crippen LogP contribution is 2.23. The molecule has 2 heterocycles. The molecular weight excluding hydrogens is 312 g/mol. The van der Waals surface area contributed by atoms with E-state index in [4.69, 9.17) is 6.42 Å². The number of benzene rings is 1. The predicted octanol–water partition coefficient (Wildman–Crippen LogP) is 1.97. The zero-order valence-corrected chi connectivity index (χ0v) is 14.6. The Kier molecular flexibility index (Phi) is 5.52. The molecule has 0 bridgehead atoms. The maximum Gasteiger partial charge on any atom is 0.224 e. The van der Waals surface area contributed by atoms with E-state index in [1.54, 1.807) is 6.20 Å². The van der Waals surface area contributed by atoms with Crippen LogP contribution in [0.5, 0.6) is 0 Å². The van der Waals surface area contributed by atoms with E-state index in [0.29, 0.717) is 6.54 Å². The number of carbonyl (C=O) groups excluding carboxylic acids is 1. The first-order chi connectivity index (χ1) is 12.2. The lowest BCUT2D eigenvalue weighted by Gasteiger charge is -2.31. The van der Waals surface area contributed by atoms with Crippen LogP contribution in [0.15, 0.2) is 42.7 Å². The van der Waals surface area contributed by atoms with Crippen LogP contribution in [0.2, 0.25) is 0 Å². The van der Waals surface area contributed by atoms with Crippen molar-refractivity contribution in [3.05, 3.63) is 54.1 Å². The Bertz CT molecular complexity index is 739. The zero-order valence-electron chi connectivity index (χ0n) is 14.6. The lowest BCUT2D eigenvalue weighted by atomic mass is 9.95. The number of terminal acetylenes is 1. The van der Waals surface area contributed by atoms with E-state index in [1.165, 1.54) is 0 Å². The summed E-state index contributed by atoms with van der Waals surface area (Å²) in [4.78, 5) is 19.5. The summed E-state index contributed by atoms with van der Waals surface area (Å²) in [6.45, 7) is 2.41. The van der Waals surface area contributed by atoms with E-state index in [9.17, 15) is 4.79 Å². The minimum Gasteiger partial charge on any atom is -0.342 e. The van der Waals surface area contributed by atoms with Crippen LogP contribution in [0.1, 0.15) is 30.3 Å². The van der Waals surface area contributed by atoms with Crippen molar-refractivity contribution in [2.24, 2.45) is 13.0 Å². The van der Waals surface area contributed by atoms with E-state index in [-0.39, 0.29) is 17.9 Å². The SMILES string of the molecule is C#CCN1CCC(C(=O)NC(c2ccccc2)c2nccn2C)CC1. The number of amides is 1. The number of piperidine rings is 1. The lowest BCUT2D eigenvalue weighted by Crippen LogP contribution is -2.42. The Balaban J connectivity index is 1.72. The third kappa shape index (κ3) is 4.09. The highest BCUT2D eigenvalue weighted by Gasteiger charge is 2.28. The van der Waals surface area contributed by atoms with Crippen LogP contribution in [0.4, 0.5) is 0 Å². The molecule has 0 aliphatic carbocycles. The molecule has 1 fully saturated rings. The average Bonchev–Trinajstić information content (AvgIpc) is 3.07. The molecule has 1 saturated heterocycles. The minimum absolute atomic E-state index is 0.0282.